The molecule has 0 aliphatic rings. The topological polar surface area (TPSA) is 55.9 Å². The fourth-order valence-electron chi connectivity index (χ4n) is 2.08. The van der Waals surface area contributed by atoms with Gasteiger partial charge in [0.25, 0.3) is 0 Å². The van der Waals surface area contributed by atoms with Gasteiger partial charge >= 0.3 is 0 Å². The molecule has 2 aromatic rings. The zero-order valence-corrected chi connectivity index (χ0v) is 12.8. The Morgan fingerprint density at radius 3 is 2.65 bits per heavy atom. The second-order valence-corrected chi connectivity index (χ2v) is 5.31. The molecule has 5 nitrogen and oxygen atoms in total. The van der Waals surface area contributed by atoms with Crippen LogP contribution >= 0.6 is 0 Å². The summed E-state index contributed by atoms with van der Waals surface area (Å²) < 4.78 is 7.41. The highest BCUT2D eigenvalue weighted by Gasteiger charge is 2.10. The van der Waals surface area contributed by atoms with Gasteiger partial charge in [0, 0.05) is 24.3 Å². The Kier molecular flexibility index (Phi) is 4.95. The molecule has 20 heavy (non-hydrogen) atoms. The van der Waals surface area contributed by atoms with Gasteiger partial charge in [0.1, 0.15) is 6.54 Å². The second kappa shape index (κ2) is 6.70. The zero-order chi connectivity index (χ0) is 14.5. The van der Waals surface area contributed by atoms with Crippen LogP contribution in [0.4, 0.5) is 0 Å². The molecule has 0 amide bonds. The minimum Gasteiger partial charge on any atom is -0.359 e. The largest absolute Gasteiger partial charge is 0.359 e. The molecular weight excluding hydrogens is 252 g/mol. The molecule has 110 valence electrons. The molecule has 0 aromatic carbocycles. The maximum Gasteiger partial charge on any atom is 0.158 e. The third-order valence-corrected chi connectivity index (χ3v) is 3.24. The van der Waals surface area contributed by atoms with E-state index < -0.39 is 0 Å². The van der Waals surface area contributed by atoms with Crippen molar-refractivity contribution in [1.29, 1.82) is 0 Å². The van der Waals surface area contributed by atoms with Crippen molar-refractivity contribution in [2.45, 2.75) is 59.7 Å². The average molecular weight is 276 g/mol. The average Bonchev–Trinajstić information content (AvgIpc) is 3.03. The molecule has 0 aliphatic carbocycles. The monoisotopic (exact) mass is 276 g/mol. The molecule has 0 unspecified atom stereocenters. The Balaban J connectivity index is 2.04. The zero-order valence-electron chi connectivity index (χ0n) is 12.8. The highest BCUT2D eigenvalue weighted by Crippen LogP contribution is 2.11. The highest BCUT2D eigenvalue weighted by molar-refractivity contribution is 5.13. The molecule has 0 atom stereocenters. The fraction of sp³-hybridized carbons (Fsp3) is 0.600. The van der Waals surface area contributed by atoms with Crippen molar-refractivity contribution in [2.24, 2.45) is 0 Å². The van der Waals surface area contributed by atoms with Crippen molar-refractivity contribution < 1.29 is 4.52 Å². The Labute approximate surface area is 120 Å². The van der Waals surface area contributed by atoms with Crippen LogP contribution in [0.25, 0.3) is 0 Å². The van der Waals surface area contributed by atoms with E-state index in [0.717, 1.165) is 36.5 Å². The van der Waals surface area contributed by atoms with Gasteiger partial charge in [-0.15, -0.1) is 0 Å². The van der Waals surface area contributed by atoms with Crippen molar-refractivity contribution >= 4 is 0 Å². The molecule has 0 radical (unpaired) electrons. The van der Waals surface area contributed by atoms with Crippen molar-refractivity contribution in [2.75, 3.05) is 0 Å². The minimum absolute atomic E-state index is 0.445. The molecule has 0 bridgehead atoms. The van der Waals surface area contributed by atoms with E-state index in [-0.39, 0.29) is 0 Å². The van der Waals surface area contributed by atoms with E-state index in [1.165, 1.54) is 5.69 Å². The standard InChI is InChI=1S/C15H24N4O/c1-5-12-7-14(6-2)19(17-12)10-15-8-13(18-20-15)9-16-11(3)4/h7-8,11,16H,5-6,9-10H2,1-4H3. The lowest BCUT2D eigenvalue weighted by molar-refractivity contribution is 0.361. The number of aryl methyl sites for hydroxylation is 2. The Morgan fingerprint density at radius 2 is 2.00 bits per heavy atom. The van der Waals surface area contributed by atoms with E-state index >= 15 is 0 Å². The number of rotatable bonds is 7. The summed E-state index contributed by atoms with van der Waals surface area (Å²) >= 11 is 0. The van der Waals surface area contributed by atoms with Gasteiger partial charge in [-0.05, 0) is 18.9 Å². The molecule has 1 N–H and O–H groups in total. The molecule has 0 saturated heterocycles. The van der Waals surface area contributed by atoms with Crippen molar-refractivity contribution in [3.63, 3.8) is 0 Å². The summed E-state index contributed by atoms with van der Waals surface area (Å²) in [6.07, 6.45) is 1.93. The van der Waals surface area contributed by atoms with Gasteiger partial charge in [-0.2, -0.15) is 5.10 Å². The van der Waals surface area contributed by atoms with Crippen LogP contribution in [-0.2, 0) is 25.9 Å². The minimum atomic E-state index is 0.445. The summed E-state index contributed by atoms with van der Waals surface area (Å²) in [5.41, 5.74) is 3.30. The number of hydrogen-bond acceptors (Lipinski definition) is 4. The predicted octanol–water partition coefficient (Wildman–Crippen LogP) is 2.54. The van der Waals surface area contributed by atoms with Crippen LogP contribution in [0.1, 0.15) is 50.5 Å². The lowest BCUT2D eigenvalue weighted by atomic mass is 10.2. The highest BCUT2D eigenvalue weighted by atomic mass is 16.5. The Bertz CT molecular complexity index is 542. The van der Waals surface area contributed by atoms with Crippen LogP contribution in [0.5, 0.6) is 0 Å². The molecule has 2 rings (SSSR count). The summed E-state index contributed by atoms with van der Waals surface area (Å²) in [4.78, 5) is 0. The normalized spacial score (nSPS) is 11.4. The van der Waals surface area contributed by atoms with Crippen molar-refractivity contribution in [3.05, 3.63) is 35.0 Å². The van der Waals surface area contributed by atoms with Crippen LogP contribution < -0.4 is 5.32 Å². The third kappa shape index (κ3) is 3.70. The maximum absolute atomic E-state index is 5.39. The first-order valence-corrected chi connectivity index (χ1v) is 7.35. The summed E-state index contributed by atoms with van der Waals surface area (Å²) in [6, 6.07) is 4.61. The van der Waals surface area contributed by atoms with Crippen LogP contribution in [0.3, 0.4) is 0 Å². The fourth-order valence-corrected chi connectivity index (χ4v) is 2.08. The van der Waals surface area contributed by atoms with Gasteiger partial charge in [-0.1, -0.05) is 32.9 Å². The van der Waals surface area contributed by atoms with Gasteiger partial charge in [0.2, 0.25) is 0 Å². The molecule has 2 aromatic heterocycles. The Hall–Kier alpha value is -1.62. The number of aromatic nitrogens is 3. The smallest absolute Gasteiger partial charge is 0.158 e. The molecular formula is C15H24N4O. The van der Waals surface area contributed by atoms with Crippen molar-refractivity contribution in [3.8, 4) is 0 Å². The summed E-state index contributed by atoms with van der Waals surface area (Å²) in [6.45, 7) is 9.88. The lowest BCUT2D eigenvalue weighted by Gasteiger charge is -2.04. The third-order valence-electron chi connectivity index (χ3n) is 3.24. The maximum atomic E-state index is 5.39. The van der Waals surface area contributed by atoms with E-state index in [2.05, 4.69) is 49.3 Å². The number of nitrogens with zero attached hydrogens (tertiary/aromatic N) is 3. The number of nitrogens with one attached hydrogen (secondary N) is 1. The first-order chi connectivity index (χ1) is 9.62. The molecule has 5 heteroatoms. The second-order valence-electron chi connectivity index (χ2n) is 5.31. The quantitative estimate of drug-likeness (QED) is 0.844. The molecule has 0 aliphatic heterocycles. The summed E-state index contributed by atoms with van der Waals surface area (Å²) in [5.74, 6) is 0.853. The van der Waals surface area contributed by atoms with Crippen LogP contribution in [-0.4, -0.2) is 21.0 Å². The van der Waals surface area contributed by atoms with Crippen molar-refractivity contribution in [1.82, 2.24) is 20.3 Å². The lowest BCUT2D eigenvalue weighted by Crippen LogP contribution is -2.21. The molecule has 0 saturated carbocycles. The van der Waals surface area contributed by atoms with Crippen LogP contribution in [0, 0.1) is 0 Å². The first-order valence-electron chi connectivity index (χ1n) is 7.35. The SMILES string of the molecule is CCc1cc(CC)n(Cc2cc(CNC(C)C)no2)n1. The van der Waals surface area contributed by atoms with Crippen LogP contribution in [0.2, 0.25) is 0 Å². The molecule has 0 spiro atoms. The van der Waals surface area contributed by atoms with Gasteiger partial charge in [-0.3, -0.25) is 4.68 Å². The van der Waals surface area contributed by atoms with E-state index in [4.69, 9.17) is 4.52 Å². The molecule has 0 fully saturated rings. The summed E-state index contributed by atoms with van der Waals surface area (Å²) in [7, 11) is 0. The van der Waals surface area contributed by atoms with Gasteiger partial charge in [0.05, 0.1) is 11.4 Å². The van der Waals surface area contributed by atoms with E-state index in [1.807, 2.05) is 10.7 Å². The first kappa shape index (κ1) is 14.8. The summed E-state index contributed by atoms with van der Waals surface area (Å²) in [5, 5.41) is 12.0. The van der Waals surface area contributed by atoms with E-state index in [1.54, 1.807) is 0 Å². The van der Waals surface area contributed by atoms with E-state index in [0.29, 0.717) is 12.6 Å². The van der Waals surface area contributed by atoms with E-state index in [9.17, 15) is 0 Å². The van der Waals surface area contributed by atoms with Gasteiger partial charge in [-0.25, -0.2) is 0 Å². The molecule has 2 heterocycles. The number of hydrogen-bond donors (Lipinski definition) is 1. The van der Waals surface area contributed by atoms with Gasteiger partial charge in [0.15, 0.2) is 5.76 Å². The van der Waals surface area contributed by atoms with Crippen LogP contribution in [0.15, 0.2) is 16.7 Å². The van der Waals surface area contributed by atoms with Gasteiger partial charge < -0.3 is 9.84 Å². The Morgan fingerprint density at radius 1 is 1.20 bits per heavy atom. The predicted molar refractivity (Wildman–Crippen MR) is 78.6 cm³/mol.